The third-order valence-electron chi connectivity index (χ3n) is 8.23. The van der Waals surface area contributed by atoms with Crippen molar-refractivity contribution in [3.05, 3.63) is 84.4 Å². The van der Waals surface area contributed by atoms with E-state index >= 15 is 0 Å². The number of para-hydroxylation sites is 3. The van der Waals surface area contributed by atoms with Crippen LogP contribution in [-0.4, -0.2) is 55.7 Å². The number of carboxylic acids is 1. The first-order valence-corrected chi connectivity index (χ1v) is 15.4. The van der Waals surface area contributed by atoms with Crippen molar-refractivity contribution in [2.75, 3.05) is 41.9 Å². The van der Waals surface area contributed by atoms with Crippen molar-refractivity contribution in [3.63, 3.8) is 0 Å². The molecule has 0 heterocycles. The lowest BCUT2D eigenvalue weighted by atomic mass is 9.87. The van der Waals surface area contributed by atoms with Crippen LogP contribution in [0.3, 0.4) is 0 Å². The van der Waals surface area contributed by atoms with Gasteiger partial charge in [-0.05, 0) is 61.2 Å². The lowest BCUT2D eigenvalue weighted by Gasteiger charge is -2.29. The van der Waals surface area contributed by atoms with Crippen molar-refractivity contribution in [1.82, 2.24) is 5.32 Å². The number of carboxylic acid groups (broad SMARTS) is 1. The van der Waals surface area contributed by atoms with Gasteiger partial charge in [0.1, 0.15) is 5.75 Å². The number of ether oxygens (including phenoxy) is 1. The normalized spacial score (nSPS) is 13.7. The van der Waals surface area contributed by atoms with Gasteiger partial charge < -0.3 is 30.3 Å². The second kappa shape index (κ2) is 16.3. The molecule has 3 N–H and O–H groups in total. The Balaban J connectivity index is 1.44. The second-order valence-electron chi connectivity index (χ2n) is 11.4. The molecular weight excluding hydrogens is 572 g/mol. The Morgan fingerprint density at radius 1 is 0.911 bits per heavy atom. The second-order valence-corrected chi connectivity index (χ2v) is 11.4. The summed E-state index contributed by atoms with van der Waals surface area (Å²) in [5.41, 5.74) is 2.25. The summed E-state index contributed by atoms with van der Waals surface area (Å²) in [6, 6.07) is 22.4. The van der Waals surface area contributed by atoms with Gasteiger partial charge in [-0.25, -0.2) is 4.79 Å². The minimum atomic E-state index is -0.965. The molecule has 0 aromatic heterocycles. The van der Waals surface area contributed by atoms with Crippen LogP contribution in [0.25, 0.3) is 0 Å². The number of carbonyl (C=O) groups excluding carboxylic acids is 3. The number of benzene rings is 3. The predicted molar refractivity (Wildman–Crippen MR) is 175 cm³/mol. The zero-order valence-corrected chi connectivity index (χ0v) is 25.9. The fraction of sp³-hybridized carbons (Fsp3) is 0.371. The average Bonchev–Trinajstić information content (AvgIpc) is 3.07. The summed E-state index contributed by atoms with van der Waals surface area (Å²) >= 11 is 0. The number of likely N-dealkylation sites (N-methyl/N-ethyl adjacent to an activating group) is 1. The Labute approximate surface area is 264 Å². The van der Waals surface area contributed by atoms with Crippen LogP contribution in [0.4, 0.5) is 21.9 Å². The zero-order chi connectivity index (χ0) is 32.2. The van der Waals surface area contributed by atoms with E-state index in [2.05, 4.69) is 10.6 Å². The number of rotatable bonds is 13. The maximum Gasteiger partial charge on any atom is 0.319 e. The monoisotopic (exact) mass is 614 g/mol. The maximum atomic E-state index is 13.7. The lowest BCUT2D eigenvalue weighted by molar-refractivity contribution is -0.138. The van der Waals surface area contributed by atoms with Crippen molar-refractivity contribution in [3.8, 4) is 5.75 Å². The molecule has 4 rings (SSSR count). The van der Waals surface area contributed by atoms with Crippen molar-refractivity contribution in [2.24, 2.45) is 5.92 Å². The van der Waals surface area contributed by atoms with Crippen molar-refractivity contribution in [1.29, 1.82) is 0 Å². The van der Waals surface area contributed by atoms with E-state index in [0.717, 1.165) is 24.9 Å². The smallest absolute Gasteiger partial charge is 0.319 e. The molecule has 10 nitrogen and oxygen atoms in total. The molecule has 45 heavy (non-hydrogen) atoms. The van der Waals surface area contributed by atoms with Gasteiger partial charge in [-0.2, -0.15) is 0 Å². The average molecular weight is 615 g/mol. The van der Waals surface area contributed by atoms with Crippen LogP contribution in [-0.2, 0) is 14.4 Å². The number of aliphatic carboxylic acids is 1. The number of urea groups is 1. The van der Waals surface area contributed by atoms with E-state index in [4.69, 9.17) is 4.74 Å². The topological polar surface area (TPSA) is 128 Å². The zero-order valence-electron chi connectivity index (χ0n) is 25.9. The third-order valence-corrected chi connectivity index (χ3v) is 8.23. The summed E-state index contributed by atoms with van der Waals surface area (Å²) in [6.45, 7) is 1.53. The van der Waals surface area contributed by atoms with Gasteiger partial charge in [0.25, 0.3) is 5.91 Å². The van der Waals surface area contributed by atoms with E-state index in [1.54, 1.807) is 61.3 Å². The van der Waals surface area contributed by atoms with Gasteiger partial charge in [0.15, 0.2) is 6.61 Å². The highest BCUT2D eigenvalue weighted by Crippen LogP contribution is 2.31. The Kier molecular flexibility index (Phi) is 12.0. The van der Waals surface area contributed by atoms with E-state index < -0.39 is 17.9 Å². The summed E-state index contributed by atoms with van der Waals surface area (Å²) in [5, 5.41) is 14.6. The highest BCUT2D eigenvalue weighted by Gasteiger charge is 2.23. The largest absolute Gasteiger partial charge is 0.482 e. The van der Waals surface area contributed by atoms with Crippen molar-refractivity contribution >= 4 is 40.9 Å². The third kappa shape index (κ3) is 9.56. The molecule has 4 amide bonds. The highest BCUT2D eigenvalue weighted by molar-refractivity contribution is 5.99. The summed E-state index contributed by atoms with van der Waals surface area (Å²) < 4.78 is 5.99. The molecule has 3 aromatic carbocycles. The van der Waals surface area contributed by atoms with Gasteiger partial charge in [0.2, 0.25) is 5.91 Å². The molecule has 1 atom stereocenters. The molecule has 0 aliphatic heterocycles. The van der Waals surface area contributed by atoms with Crippen LogP contribution in [0.15, 0.2) is 78.9 Å². The molecule has 238 valence electrons. The van der Waals surface area contributed by atoms with Crippen LogP contribution in [0.5, 0.6) is 5.75 Å². The number of hydrogen-bond donors (Lipinski definition) is 3. The number of amides is 4. The van der Waals surface area contributed by atoms with Gasteiger partial charge in [0, 0.05) is 25.0 Å². The molecular formula is C35H42N4O6. The molecule has 10 heteroatoms. The first-order valence-electron chi connectivity index (χ1n) is 15.4. The van der Waals surface area contributed by atoms with E-state index in [0.29, 0.717) is 35.2 Å². The van der Waals surface area contributed by atoms with Gasteiger partial charge >= 0.3 is 12.0 Å². The molecule has 0 bridgehead atoms. The summed E-state index contributed by atoms with van der Waals surface area (Å²) in [5.74, 6) is -1.34. The Bertz CT molecular complexity index is 1460. The SMILES string of the molecule is CC(C(=O)O)c1cccc(NC(=O)NCC(=O)N(CCC2CCCCC2)c2ccccc2OCC(=O)N(C)c2ccccc2)c1. The van der Waals surface area contributed by atoms with Gasteiger partial charge in [-0.3, -0.25) is 14.4 Å². The van der Waals surface area contributed by atoms with E-state index in [1.165, 1.54) is 24.2 Å². The molecule has 0 saturated heterocycles. The maximum absolute atomic E-state index is 13.7. The molecule has 1 aliphatic carbocycles. The number of hydrogen-bond acceptors (Lipinski definition) is 5. The molecule has 1 fully saturated rings. The number of nitrogens with zero attached hydrogens (tertiary/aromatic N) is 2. The van der Waals surface area contributed by atoms with Gasteiger partial charge in [-0.15, -0.1) is 0 Å². The molecule has 0 radical (unpaired) electrons. The first kappa shape index (κ1) is 33.0. The van der Waals surface area contributed by atoms with Crippen LogP contribution in [0.2, 0.25) is 0 Å². The number of anilines is 3. The van der Waals surface area contributed by atoms with Crippen LogP contribution in [0, 0.1) is 5.92 Å². The van der Waals surface area contributed by atoms with Gasteiger partial charge in [-0.1, -0.05) is 74.6 Å². The molecule has 0 spiro atoms. The molecule has 3 aromatic rings. The Morgan fingerprint density at radius 3 is 2.36 bits per heavy atom. The molecule has 1 unspecified atom stereocenters. The molecule has 1 saturated carbocycles. The standard InChI is InChI=1S/C35H42N4O6/c1-25(34(42)43)27-14-11-15-28(22-27)37-35(44)36-23-32(40)39(21-20-26-12-5-3-6-13-26)30-18-9-10-19-31(30)45-24-33(41)38(2)29-16-7-4-8-17-29/h4,7-11,14-19,22,25-26H,3,5-6,12-13,20-21,23-24H2,1-2H3,(H,42,43)(H2,36,37,44). The summed E-state index contributed by atoms with van der Waals surface area (Å²) in [6.07, 6.45) is 6.67. The van der Waals surface area contributed by atoms with E-state index in [-0.39, 0.29) is 25.0 Å². The minimum Gasteiger partial charge on any atom is -0.482 e. The minimum absolute atomic E-state index is 0.215. The quantitative estimate of drug-likeness (QED) is 0.215. The van der Waals surface area contributed by atoms with E-state index in [1.807, 2.05) is 36.4 Å². The summed E-state index contributed by atoms with van der Waals surface area (Å²) in [7, 11) is 1.69. The Morgan fingerprint density at radius 2 is 1.62 bits per heavy atom. The first-order chi connectivity index (χ1) is 21.7. The highest BCUT2D eigenvalue weighted by atomic mass is 16.5. The van der Waals surface area contributed by atoms with Crippen molar-refractivity contribution in [2.45, 2.75) is 51.4 Å². The van der Waals surface area contributed by atoms with Gasteiger partial charge in [0.05, 0.1) is 18.2 Å². The van der Waals surface area contributed by atoms with Crippen molar-refractivity contribution < 1.29 is 29.0 Å². The molecule has 1 aliphatic rings. The van der Waals surface area contributed by atoms with E-state index in [9.17, 15) is 24.3 Å². The Hall–Kier alpha value is -4.86. The van der Waals surface area contributed by atoms with Crippen LogP contribution in [0.1, 0.15) is 56.9 Å². The predicted octanol–water partition coefficient (Wildman–Crippen LogP) is 6.04. The summed E-state index contributed by atoms with van der Waals surface area (Å²) in [4.78, 5) is 53.8. The van der Waals surface area contributed by atoms with Crippen LogP contribution < -0.4 is 25.2 Å². The number of nitrogens with one attached hydrogen (secondary N) is 2. The lowest BCUT2D eigenvalue weighted by Crippen LogP contribution is -2.42. The fourth-order valence-electron chi connectivity index (χ4n) is 5.46. The fourth-order valence-corrected chi connectivity index (χ4v) is 5.46. The number of carbonyl (C=O) groups is 4. The van der Waals surface area contributed by atoms with Crippen LogP contribution >= 0.6 is 0 Å².